The Hall–Kier alpha value is -0.520. The standard InChI is InChI=1S/C13H24.2C10H18/c1-12-6-3-9-13(2,10-4-7-12)11-5-8-12;2*1-6-7(2)9(4)10(5)8(6)3/h3-11H2,1-2H3;2*6-8H,1-5H3/t;2*6?,7-,8+. The Kier molecular flexibility index (Phi) is 9.99. The van der Waals surface area contributed by atoms with Crippen LogP contribution in [0.1, 0.15) is 141 Å². The minimum absolute atomic E-state index is 0.724. The van der Waals surface area contributed by atoms with Crippen LogP contribution in [-0.2, 0) is 0 Å². The molecule has 0 nitrogen and oxygen atoms in total. The smallest absolute Gasteiger partial charge is 0.0200 e. The van der Waals surface area contributed by atoms with Gasteiger partial charge in [0.1, 0.15) is 0 Å². The van der Waals surface area contributed by atoms with Gasteiger partial charge in [0.25, 0.3) is 0 Å². The second-order valence-electron chi connectivity index (χ2n) is 13.8. The highest BCUT2D eigenvalue weighted by atomic mass is 14.4. The van der Waals surface area contributed by atoms with E-state index in [1.807, 2.05) is 0 Å². The SMILES string of the molecule is CC12CCCC(C)(CCC1)CCC2.CC1=C(C)[C@H](C)C(C)[C@@H]1C.CC1=C(C)[C@H](C)C(C)[C@@H]1C. The van der Waals surface area contributed by atoms with Gasteiger partial charge in [-0.3, -0.25) is 0 Å². The predicted molar refractivity (Wildman–Crippen MR) is 149 cm³/mol. The van der Waals surface area contributed by atoms with Crippen molar-refractivity contribution >= 4 is 0 Å². The molecule has 192 valence electrons. The van der Waals surface area contributed by atoms with Gasteiger partial charge in [0.15, 0.2) is 0 Å². The topological polar surface area (TPSA) is 0 Å². The second kappa shape index (κ2) is 11.5. The van der Waals surface area contributed by atoms with Crippen LogP contribution in [0.4, 0.5) is 0 Å². The minimum atomic E-state index is 0.724. The predicted octanol–water partition coefficient (Wildman–Crippen LogP) is 11.0. The molecule has 0 heteroatoms. The van der Waals surface area contributed by atoms with Crippen LogP contribution in [0.25, 0.3) is 0 Å². The maximum Gasteiger partial charge on any atom is -0.0200 e. The van der Waals surface area contributed by atoms with Crippen LogP contribution in [0, 0.1) is 46.3 Å². The van der Waals surface area contributed by atoms with Gasteiger partial charge in [-0.05, 0) is 113 Å². The van der Waals surface area contributed by atoms with Crippen LogP contribution >= 0.6 is 0 Å². The molecule has 3 fully saturated rings. The third-order valence-electron chi connectivity index (χ3n) is 11.8. The van der Waals surface area contributed by atoms with Gasteiger partial charge in [0, 0.05) is 0 Å². The van der Waals surface area contributed by atoms with E-state index in [0.29, 0.717) is 0 Å². The molecule has 2 bridgehead atoms. The number of allylic oxidation sites excluding steroid dienone is 4. The van der Waals surface area contributed by atoms with Crippen molar-refractivity contribution in [3.8, 4) is 0 Å². The molecule has 0 aliphatic heterocycles. The van der Waals surface area contributed by atoms with Crippen molar-refractivity contribution in [2.75, 3.05) is 0 Å². The molecular formula is C33H60. The Balaban J connectivity index is 0.000000178. The molecule has 0 aromatic rings. The van der Waals surface area contributed by atoms with E-state index in [2.05, 4.69) is 83.1 Å². The van der Waals surface area contributed by atoms with Crippen molar-refractivity contribution in [3.63, 3.8) is 0 Å². The van der Waals surface area contributed by atoms with E-state index in [0.717, 1.165) is 46.3 Å². The second-order valence-corrected chi connectivity index (χ2v) is 13.8. The first-order valence-electron chi connectivity index (χ1n) is 14.6. The zero-order valence-electron chi connectivity index (χ0n) is 24.8. The van der Waals surface area contributed by atoms with Crippen molar-refractivity contribution in [1.29, 1.82) is 0 Å². The van der Waals surface area contributed by atoms with Gasteiger partial charge in [-0.15, -0.1) is 0 Å². The Morgan fingerprint density at radius 2 is 0.606 bits per heavy atom. The van der Waals surface area contributed by atoms with Gasteiger partial charge >= 0.3 is 0 Å². The summed E-state index contributed by atoms with van der Waals surface area (Å²) in [6, 6.07) is 0. The molecule has 0 radical (unpaired) electrons. The first-order valence-corrected chi connectivity index (χ1v) is 14.6. The summed E-state index contributed by atoms with van der Waals surface area (Å²) in [6.45, 7) is 28.2. The van der Waals surface area contributed by atoms with Crippen LogP contribution in [0.5, 0.6) is 0 Å². The molecule has 0 N–H and O–H groups in total. The lowest BCUT2D eigenvalue weighted by molar-refractivity contribution is 0.104. The first-order chi connectivity index (χ1) is 15.2. The molecule has 0 spiro atoms. The van der Waals surface area contributed by atoms with E-state index in [1.165, 1.54) is 57.8 Å². The summed E-state index contributed by atoms with van der Waals surface area (Å²) >= 11 is 0. The lowest BCUT2D eigenvalue weighted by atomic mass is 9.64. The molecule has 0 heterocycles. The third-order valence-corrected chi connectivity index (χ3v) is 11.8. The molecular weight excluding hydrogens is 396 g/mol. The quantitative estimate of drug-likeness (QED) is 0.318. The van der Waals surface area contributed by atoms with E-state index in [-0.39, 0.29) is 0 Å². The molecule has 5 aliphatic carbocycles. The van der Waals surface area contributed by atoms with Gasteiger partial charge in [-0.1, -0.05) is 96.9 Å². The normalized spacial score (nSPS) is 43.3. The fourth-order valence-corrected chi connectivity index (χ4v) is 7.46. The molecule has 33 heavy (non-hydrogen) atoms. The van der Waals surface area contributed by atoms with E-state index in [1.54, 1.807) is 22.3 Å². The lowest BCUT2D eigenvalue weighted by Gasteiger charge is -2.42. The van der Waals surface area contributed by atoms with Crippen LogP contribution < -0.4 is 0 Å². The number of hydrogen-bond acceptors (Lipinski definition) is 0. The Morgan fingerprint density at radius 1 is 0.424 bits per heavy atom. The number of fused-ring (bicyclic) bond motifs is 6. The molecule has 5 rings (SSSR count). The van der Waals surface area contributed by atoms with E-state index >= 15 is 0 Å². The fraction of sp³-hybridized carbons (Fsp3) is 0.879. The maximum absolute atomic E-state index is 2.53. The molecule has 0 aromatic carbocycles. The zero-order valence-corrected chi connectivity index (χ0v) is 24.8. The van der Waals surface area contributed by atoms with Crippen molar-refractivity contribution in [2.24, 2.45) is 46.3 Å². The largest absolute Gasteiger partial charge is 0.0710 e. The number of rotatable bonds is 0. The zero-order chi connectivity index (χ0) is 25.1. The highest BCUT2D eigenvalue weighted by molar-refractivity contribution is 5.23. The van der Waals surface area contributed by atoms with Gasteiger partial charge in [-0.2, -0.15) is 0 Å². The first kappa shape index (κ1) is 28.7. The molecule has 5 aliphatic rings. The molecule has 0 amide bonds. The molecule has 0 saturated heterocycles. The monoisotopic (exact) mass is 456 g/mol. The summed E-state index contributed by atoms with van der Waals surface area (Å²) < 4.78 is 0. The third kappa shape index (κ3) is 6.79. The fourth-order valence-electron chi connectivity index (χ4n) is 7.46. The summed E-state index contributed by atoms with van der Waals surface area (Å²) in [5.41, 5.74) is 7.95. The van der Waals surface area contributed by atoms with Crippen molar-refractivity contribution in [1.82, 2.24) is 0 Å². The van der Waals surface area contributed by atoms with Crippen molar-refractivity contribution in [2.45, 2.75) is 141 Å². The summed E-state index contributed by atoms with van der Waals surface area (Å²) in [7, 11) is 0. The highest BCUT2D eigenvalue weighted by Crippen LogP contribution is 2.48. The Bertz CT molecular complexity index is 580. The van der Waals surface area contributed by atoms with Crippen LogP contribution in [0.3, 0.4) is 0 Å². The summed E-state index contributed by atoms with van der Waals surface area (Å²) in [6.07, 6.45) is 13.5. The van der Waals surface area contributed by atoms with E-state index < -0.39 is 0 Å². The van der Waals surface area contributed by atoms with Gasteiger partial charge in [0.05, 0.1) is 0 Å². The number of hydrogen-bond donors (Lipinski definition) is 0. The summed E-state index contributed by atoms with van der Waals surface area (Å²) in [5.74, 6) is 4.98. The van der Waals surface area contributed by atoms with Crippen LogP contribution in [0.15, 0.2) is 22.3 Å². The molecule has 2 unspecified atom stereocenters. The van der Waals surface area contributed by atoms with Crippen LogP contribution in [-0.4, -0.2) is 0 Å². The van der Waals surface area contributed by atoms with Crippen molar-refractivity contribution < 1.29 is 0 Å². The van der Waals surface area contributed by atoms with Crippen LogP contribution in [0.2, 0.25) is 0 Å². The molecule has 3 saturated carbocycles. The van der Waals surface area contributed by atoms with Gasteiger partial charge in [-0.25, -0.2) is 0 Å². The molecule has 6 atom stereocenters. The highest BCUT2D eigenvalue weighted by Gasteiger charge is 2.35. The molecule has 0 aromatic heterocycles. The maximum atomic E-state index is 2.53. The van der Waals surface area contributed by atoms with E-state index in [4.69, 9.17) is 0 Å². The van der Waals surface area contributed by atoms with Gasteiger partial charge in [0.2, 0.25) is 0 Å². The average molecular weight is 457 g/mol. The summed E-state index contributed by atoms with van der Waals surface area (Å²) in [4.78, 5) is 0. The Morgan fingerprint density at radius 3 is 0.727 bits per heavy atom. The lowest BCUT2D eigenvalue weighted by Crippen LogP contribution is -2.28. The van der Waals surface area contributed by atoms with E-state index in [9.17, 15) is 0 Å². The summed E-state index contributed by atoms with van der Waals surface area (Å²) in [5, 5.41) is 0. The van der Waals surface area contributed by atoms with Gasteiger partial charge < -0.3 is 0 Å². The minimum Gasteiger partial charge on any atom is -0.0710 e. The van der Waals surface area contributed by atoms with Crippen molar-refractivity contribution in [3.05, 3.63) is 22.3 Å². The average Bonchev–Trinajstić information content (AvgIpc) is 3.02. The Labute approximate surface area is 209 Å².